The normalized spacial score (nSPS) is 20.4. The van der Waals surface area contributed by atoms with Crippen molar-refractivity contribution in [1.29, 1.82) is 0 Å². The maximum absolute atomic E-state index is 12.9. The predicted octanol–water partition coefficient (Wildman–Crippen LogP) is 2.12. The van der Waals surface area contributed by atoms with Crippen LogP contribution in [0.1, 0.15) is 33.6 Å². The van der Waals surface area contributed by atoms with Crippen LogP contribution in [-0.2, 0) is 17.8 Å². The Labute approximate surface area is 174 Å². The SMILES string of the molecule is O=C(c1ccc(N2CCc3sccc3C2)cc1)N1CCN(C(=O)C2(O)CC2)CC1. The summed E-state index contributed by atoms with van der Waals surface area (Å²) >= 11 is 1.84. The highest BCUT2D eigenvalue weighted by Gasteiger charge is 2.50. The number of carbonyl (C=O) groups is 2. The Balaban J connectivity index is 1.20. The number of thiophene rings is 1. The van der Waals surface area contributed by atoms with Gasteiger partial charge in [0.1, 0.15) is 5.60 Å². The molecule has 7 heteroatoms. The Morgan fingerprint density at radius 2 is 1.62 bits per heavy atom. The zero-order valence-corrected chi connectivity index (χ0v) is 17.2. The second-order valence-electron chi connectivity index (χ2n) is 8.20. The standard InChI is InChI=1S/C22H25N3O3S/c26-20(23-10-12-24(13-11-23)21(27)22(28)7-8-22)16-1-3-18(4-2-16)25-9-5-19-17(15-25)6-14-29-19/h1-4,6,14,28H,5,7-13,15H2. The second-order valence-corrected chi connectivity index (χ2v) is 9.20. The monoisotopic (exact) mass is 411 g/mol. The van der Waals surface area contributed by atoms with E-state index in [9.17, 15) is 14.7 Å². The van der Waals surface area contributed by atoms with Crippen molar-refractivity contribution in [2.24, 2.45) is 0 Å². The molecule has 3 heterocycles. The highest BCUT2D eigenvalue weighted by molar-refractivity contribution is 7.10. The maximum atomic E-state index is 12.9. The third-order valence-corrected chi connectivity index (χ3v) is 7.29. The molecule has 3 aliphatic rings. The fourth-order valence-electron chi connectivity index (χ4n) is 4.21. The lowest BCUT2D eigenvalue weighted by molar-refractivity contribution is -0.143. The van der Waals surface area contributed by atoms with Crippen molar-refractivity contribution in [1.82, 2.24) is 9.80 Å². The Hall–Kier alpha value is -2.38. The van der Waals surface area contributed by atoms with Crippen LogP contribution in [0.15, 0.2) is 35.7 Å². The smallest absolute Gasteiger partial charge is 0.254 e. The minimum atomic E-state index is -1.12. The Kier molecular flexibility index (Phi) is 4.59. The van der Waals surface area contributed by atoms with Crippen molar-refractivity contribution >= 4 is 28.8 Å². The minimum absolute atomic E-state index is 0.00699. The summed E-state index contributed by atoms with van der Waals surface area (Å²) in [7, 11) is 0. The van der Waals surface area contributed by atoms with E-state index in [-0.39, 0.29) is 11.8 Å². The number of rotatable bonds is 3. The van der Waals surface area contributed by atoms with Gasteiger partial charge in [0.15, 0.2) is 0 Å². The second kappa shape index (κ2) is 7.15. The predicted molar refractivity (Wildman–Crippen MR) is 112 cm³/mol. The number of hydrogen-bond acceptors (Lipinski definition) is 5. The molecule has 2 aliphatic heterocycles. The van der Waals surface area contributed by atoms with Gasteiger partial charge < -0.3 is 19.8 Å². The van der Waals surface area contributed by atoms with E-state index in [0.717, 1.165) is 25.2 Å². The number of hydrogen-bond donors (Lipinski definition) is 1. The molecule has 0 radical (unpaired) electrons. The van der Waals surface area contributed by atoms with Crippen LogP contribution in [-0.4, -0.2) is 65.0 Å². The van der Waals surface area contributed by atoms with Crippen molar-refractivity contribution in [3.8, 4) is 0 Å². The Morgan fingerprint density at radius 1 is 0.931 bits per heavy atom. The molecular formula is C22H25N3O3S. The zero-order chi connectivity index (χ0) is 20.0. The number of fused-ring (bicyclic) bond motifs is 1. The van der Waals surface area contributed by atoms with Crippen molar-refractivity contribution in [3.63, 3.8) is 0 Å². The van der Waals surface area contributed by atoms with E-state index in [1.807, 2.05) is 35.6 Å². The zero-order valence-electron chi connectivity index (χ0n) is 16.3. The fraction of sp³-hybridized carbons (Fsp3) is 0.455. The summed E-state index contributed by atoms with van der Waals surface area (Å²) in [6.07, 6.45) is 2.19. The molecule has 1 aromatic heterocycles. The van der Waals surface area contributed by atoms with Crippen LogP contribution >= 0.6 is 11.3 Å². The third-order valence-electron chi connectivity index (χ3n) is 6.26. The average Bonchev–Trinajstić information content (AvgIpc) is 3.34. The molecule has 1 saturated carbocycles. The summed E-state index contributed by atoms with van der Waals surface area (Å²) in [5.41, 5.74) is 2.11. The summed E-state index contributed by atoms with van der Waals surface area (Å²) in [4.78, 5) is 32.4. The van der Waals surface area contributed by atoms with E-state index >= 15 is 0 Å². The summed E-state index contributed by atoms with van der Waals surface area (Å²) in [5.74, 6) is -0.170. The van der Waals surface area contributed by atoms with E-state index in [0.29, 0.717) is 44.6 Å². The van der Waals surface area contributed by atoms with Crippen LogP contribution in [0.5, 0.6) is 0 Å². The largest absolute Gasteiger partial charge is 0.380 e. The molecule has 1 aliphatic carbocycles. The number of carbonyl (C=O) groups excluding carboxylic acids is 2. The number of piperazine rings is 1. The molecule has 2 amide bonds. The first-order chi connectivity index (χ1) is 14.0. The van der Waals surface area contributed by atoms with Crippen LogP contribution in [0.4, 0.5) is 5.69 Å². The van der Waals surface area contributed by atoms with Gasteiger partial charge in [0, 0.05) is 55.4 Å². The quantitative estimate of drug-likeness (QED) is 0.840. The van der Waals surface area contributed by atoms with Gasteiger partial charge in [0.2, 0.25) is 0 Å². The lowest BCUT2D eigenvalue weighted by atomic mass is 10.1. The maximum Gasteiger partial charge on any atom is 0.254 e. The topological polar surface area (TPSA) is 64.1 Å². The van der Waals surface area contributed by atoms with Crippen LogP contribution in [0.2, 0.25) is 0 Å². The van der Waals surface area contributed by atoms with Gasteiger partial charge >= 0.3 is 0 Å². The molecule has 0 unspecified atom stereocenters. The van der Waals surface area contributed by atoms with Crippen LogP contribution < -0.4 is 4.90 Å². The van der Waals surface area contributed by atoms with E-state index < -0.39 is 5.60 Å². The van der Waals surface area contributed by atoms with E-state index in [4.69, 9.17) is 0 Å². The van der Waals surface area contributed by atoms with Crippen molar-refractivity contribution < 1.29 is 14.7 Å². The number of amides is 2. The molecule has 0 spiro atoms. The van der Waals surface area contributed by atoms with Crippen LogP contribution in [0.25, 0.3) is 0 Å². The molecule has 29 heavy (non-hydrogen) atoms. The summed E-state index contributed by atoms with van der Waals surface area (Å²) in [6.45, 7) is 3.92. The van der Waals surface area contributed by atoms with Gasteiger partial charge in [-0.15, -0.1) is 11.3 Å². The molecule has 5 rings (SSSR count). The molecule has 6 nitrogen and oxygen atoms in total. The van der Waals surface area contributed by atoms with E-state index in [1.165, 1.54) is 10.4 Å². The average molecular weight is 412 g/mol. The van der Waals surface area contributed by atoms with E-state index in [1.54, 1.807) is 9.80 Å². The third kappa shape index (κ3) is 3.53. The molecule has 152 valence electrons. The molecular weight excluding hydrogens is 386 g/mol. The molecule has 2 fully saturated rings. The van der Waals surface area contributed by atoms with Crippen molar-refractivity contribution in [3.05, 3.63) is 51.7 Å². The van der Waals surface area contributed by atoms with Gasteiger partial charge in [-0.2, -0.15) is 0 Å². The number of nitrogens with zero attached hydrogens (tertiary/aromatic N) is 3. The Morgan fingerprint density at radius 3 is 2.31 bits per heavy atom. The number of anilines is 1. The summed E-state index contributed by atoms with van der Waals surface area (Å²) in [5, 5.41) is 12.2. The van der Waals surface area contributed by atoms with Gasteiger partial charge in [-0.3, -0.25) is 9.59 Å². The van der Waals surface area contributed by atoms with Gasteiger partial charge in [-0.05, 0) is 60.5 Å². The molecule has 2 aromatic rings. The van der Waals surface area contributed by atoms with Crippen molar-refractivity contribution in [2.75, 3.05) is 37.6 Å². The van der Waals surface area contributed by atoms with Gasteiger partial charge in [-0.1, -0.05) is 0 Å². The van der Waals surface area contributed by atoms with Crippen LogP contribution in [0.3, 0.4) is 0 Å². The molecule has 1 N–H and O–H groups in total. The van der Waals surface area contributed by atoms with Gasteiger partial charge in [0.25, 0.3) is 11.8 Å². The summed E-state index contributed by atoms with van der Waals surface area (Å²) < 4.78 is 0. The fourth-order valence-corrected chi connectivity index (χ4v) is 5.10. The molecule has 1 saturated heterocycles. The first-order valence-electron chi connectivity index (χ1n) is 10.2. The molecule has 0 bridgehead atoms. The summed E-state index contributed by atoms with van der Waals surface area (Å²) in [6, 6.07) is 10.1. The lowest BCUT2D eigenvalue weighted by Gasteiger charge is -2.36. The molecule has 1 aromatic carbocycles. The lowest BCUT2D eigenvalue weighted by Crippen LogP contribution is -2.53. The van der Waals surface area contributed by atoms with Gasteiger partial charge in [0.05, 0.1) is 0 Å². The van der Waals surface area contributed by atoms with Gasteiger partial charge in [-0.25, -0.2) is 0 Å². The van der Waals surface area contributed by atoms with Crippen LogP contribution in [0, 0.1) is 0 Å². The Bertz CT molecular complexity index is 927. The van der Waals surface area contributed by atoms with Crippen molar-refractivity contribution in [2.45, 2.75) is 31.4 Å². The van der Waals surface area contributed by atoms with E-state index in [2.05, 4.69) is 16.3 Å². The first kappa shape index (κ1) is 18.6. The molecule has 0 atom stereocenters. The highest BCUT2D eigenvalue weighted by atomic mass is 32.1. The highest BCUT2D eigenvalue weighted by Crippen LogP contribution is 2.37. The first-order valence-corrected chi connectivity index (χ1v) is 11.1. The minimum Gasteiger partial charge on any atom is -0.380 e. The number of aliphatic hydroxyl groups is 1. The number of benzene rings is 1.